The number of hydrogen-bond donors (Lipinski definition) is 8. The van der Waals surface area contributed by atoms with Crippen molar-refractivity contribution in [2.24, 2.45) is 0 Å². The number of carbonyl (C=O) groups excluding carboxylic acids is 2. The van der Waals surface area contributed by atoms with Crippen molar-refractivity contribution in [2.45, 2.75) is 43.0 Å². The number of carbonyl (C=O) groups is 2. The summed E-state index contributed by atoms with van der Waals surface area (Å²) < 4.78 is 34.7. The second-order valence-electron chi connectivity index (χ2n) is 13.0. The zero-order valence-electron chi connectivity index (χ0n) is 28.5. The van der Waals surface area contributed by atoms with Gasteiger partial charge in [0.15, 0.2) is 28.8 Å². The summed E-state index contributed by atoms with van der Waals surface area (Å²) in [5.74, 6) is -0.533. The minimum absolute atomic E-state index is 0.0745. The van der Waals surface area contributed by atoms with E-state index in [1.807, 2.05) is 0 Å². The quantitative estimate of drug-likeness (QED) is 0.0542. The van der Waals surface area contributed by atoms with Gasteiger partial charge in [-0.25, -0.2) is 24.3 Å². The number of imidazole rings is 1. The largest absolute Gasteiger partial charge is 0.508 e. The van der Waals surface area contributed by atoms with Gasteiger partial charge in [-0.1, -0.05) is 12.1 Å². The van der Waals surface area contributed by atoms with Gasteiger partial charge >= 0.3 is 13.8 Å². The third-order valence-electron chi connectivity index (χ3n) is 9.61. The number of rotatable bonds is 11. The molecule has 1 spiro atoms. The van der Waals surface area contributed by atoms with Crippen LogP contribution in [0.2, 0.25) is 0 Å². The highest BCUT2D eigenvalue weighted by Gasteiger charge is 2.54. The van der Waals surface area contributed by atoms with Gasteiger partial charge in [-0.2, -0.15) is 0 Å². The number of benzene rings is 3. The third-order valence-corrected chi connectivity index (χ3v) is 10.1. The van der Waals surface area contributed by atoms with Crippen LogP contribution in [0.4, 0.5) is 5.82 Å². The number of anilines is 1. The average Bonchev–Trinajstić information content (AvgIpc) is 3.80. The standard InChI is InChI=1S/C35H33N6O13P/c42-17-6-8-20-23(12-17)52-24-13-18(43)7-9-21(24)35(20)22-5-3-4-19(26(22)34(47)54-35)32(46)37-11-2-1-10-36-30-27-31(39-15-38-30)41(16-40-27)33-29(45)28(44)25(53-33)14-51-55(48,49)50/h3-9,12-13,15-16,25,28-29,33,42-45H,1-2,10-11,14H2,(H,37,46)(H,36,38,39)(H2,48,49,50)/t25-,28-,29-,33-/m1/s1. The van der Waals surface area contributed by atoms with E-state index in [9.17, 15) is 34.6 Å². The normalized spacial score (nSPS) is 20.8. The summed E-state index contributed by atoms with van der Waals surface area (Å²) in [6.45, 7) is 0.0237. The molecule has 1 amide bonds. The molecular weight excluding hydrogens is 743 g/mol. The fraction of sp³-hybridized carbons (Fsp3) is 0.286. The number of nitrogens with zero attached hydrogens (tertiary/aromatic N) is 4. The van der Waals surface area contributed by atoms with Gasteiger partial charge in [0.25, 0.3) is 5.91 Å². The van der Waals surface area contributed by atoms with Gasteiger partial charge in [-0.3, -0.25) is 13.9 Å². The van der Waals surface area contributed by atoms with Gasteiger partial charge < -0.3 is 55.1 Å². The molecule has 20 heteroatoms. The van der Waals surface area contributed by atoms with Gasteiger partial charge in [0, 0.05) is 41.9 Å². The molecule has 0 aliphatic carbocycles. The third kappa shape index (κ3) is 6.40. The molecule has 5 aromatic rings. The van der Waals surface area contributed by atoms with Crippen molar-refractivity contribution in [1.82, 2.24) is 24.8 Å². The predicted octanol–water partition coefficient (Wildman–Crippen LogP) is 2.16. The first kappa shape index (κ1) is 36.3. The Kier molecular flexibility index (Phi) is 9.17. The van der Waals surface area contributed by atoms with Crippen LogP contribution in [-0.2, 0) is 24.2 Å². The summed E-state index contributed by atoms with van der Waals surface area (Å²) in [7, 11) is -4.83. The molecule has 3 aliphatic heterocycles. The highest BCUT2D eigenvalue weighted by atomic mass is 31.2. The maximum absolute atomic E-state index is 13.6. The molecule has 0 radical (unpaired) electrons. The topological polar surface area (TPSA) is 277 Å². The van der Waals surface area contributed by atoms with Crippen LogP contribution < -0.4 is 15.4 Å². The van der Waals surface area contributed by atoms with Gasteiger partial charge in [0.2, 0.25) is 0 Å². The molecule has 0 unspecified atom stereocenters. The van der Waals surface area contributed by atoms with Gasteiger partial charge in [0.1, 0.15) is 47.6 Å². The number of aromatic nitrogens is 4. The molecule has 0 saturated carbocycles. The number of fused-ring (bicyclic) bond motifs is 7. The van der Waals surface area contributed by atoms with E-state index >= 15 is 0 Å². The second kappa shape index (κ2) is 13.9. The van der Waals surface area contributed by atoms with Gasteiger partial charge in [-0.05, 0) is 43.2 Å². The molecule has 3 aromatic carbocycles. The summed E-state index contributed by atoms with van der Waals surface area (Å²) in [6.07, 6.45) is -1.67. The van der Waals surface area contributed by atoms with Crippen molar-refractivity contribution in [3.8, 4) is 23.0 Å². The summed E-state index contributed by atoms with van der Waals surface area (Å²) in [4.78, 5) is 57.9. The van der Waals surface area contributed by atoms with Crippen LogP contribution in [0.15, 0.2) is 67.3 Å². The number of unbranched alkanes of at least 4 members (excludes halogenated alkanes) is 1. The Morgan fingerprint density at radius 2 is 1.64 bits per heavy atom. The van der Waals surface area contributed by atoms with Crippen LogP contribution in [-0.4, -0.2) is 99.6 Å². The minimum Gasteiger partial charge on any atom is -0.508 e. The number of nitrogens with one attached hydrogen (secondary N) is 2. The number of phenols is 2. The highest BCUT2D eigenvalue weighted by molar-refractivity contribution is 7.46. The number of aromatic hydroxyl groups is 2. The minimum atomic E-state index is -4.83. The lowest BCUT2D eigenvalue weighted by Gasteiger charge is -2.36. The molecule has 1 fully saturated rings. The maximum Gasteiger partial charge on any atom is 0.469 e. The molecule has 19 nitrogen and oxygen atoms in total. The van der Waals surface area contributed by atoms with E-state index < -0.39 is 56.4 Å². The van der Waals surface area contributed by atoms with E-state index in [1.54, 1.807) is 24.3 Å². The fourth-order valence-electron chi connectivity index (χ4n) is 7.12. The maximum atomic E-state index is 13.6. The number of phosphoric acid groups is 1. The van der Waals surface area contributed by atoms with E-state index in [1.165, 1.54) is 47.6 Å². The average molecular weight is 777 g/mol. The summed E-state index contributed by atoms with van der Waals surface area (Å²) in [5.41, 5.74) is 0.593. The van der Waals surface area contributed by atoms with Crippen molar-refractivity contribution >= 4 is 36.7 Å². The fourth-order valence-corrected chi connectivity index (χ4v) is 7.47. The van der Waals surface area contributed by atoms with E-state index in [0.29, 0.717) is 47.4 Å². The van der Waals surface area contributed by atoms with Crippen LogP contribution in [0.3, 0.4) is 0 Å². The Labute approximate surface area is 310 Å². The Morgan fingerprint density at radius 1 is 0.927 bits per heavy atom. The molecule has 2 aromatic heterocycles. The SMILES string of the molecule is O=C(NCCCCNc1ncnc2c1ncn2[C@@H]1O[C@H](COP(=O)(O)O)[C@@H](O)[C@H]1O)c1cccc2c1C(=O)OC21c2ccc(O)cc2Oc2cc(O)ccc21. The van der Waals surface area contributed by atoms with E-state index in [0.717, 1.165) is 0 Å². The number of aliphatic hydroxyl groups excluding tert-OH is 2. The summed E-state index contributed by atoms with van der Waals surface area (Å²) in [6, 6.07) is 13.7. The van der Waals surface area contributed by atoms with Gasteiger partial charge in [0.05, 0.1) is 24.1 Å². The van der Waals surface area contributed by atoms with Crippen molar-refractivity contribution in [3.63, 3.8) is 0 Å². The Morgan fingerprint density at radius 3 is 2.35 bits per heavy atom. The lowest BCUT2D eigenvalue weighted by Crippen LogP contribution is -2.33. The molecule has 55 heavy (non-hydrogen) atoms. The number of phosphoric ester groups is 1. The molecule has 8 rings (SSSR count). The molecule has 4 atom stereocenters. The smallest absolute Gasteiger partial charge is 0.469 e. The van der Waals surface area contributed by atoms with Crippen LogP contribution >= 0.6 is 7.82 Å². The Bertz CT molecular complexity index is 2330. The van der Waals surface area contributed by atoms with Crippen molar-refractivity contribution in [2.75, 3.05) is 25.0 Å². The Hall–Kier alpha value is -5.66. The number of esters is 1. The van der Waals surface area contributed by atoms with Crippen LogP contribution in [0.25, 0.3) is 11.2 Å². The number of phenolic OH excluding ortho intramolecular Hbond substituents is 2. The zero-order valence-corrected chi connectivity index (χ0v) is 29.4. The lowest BCUT2D eigenvalue weighted by molar-refractivity contribution is -0.0504. The molecule has 8 N–H and O–H groups in total. The van der Waals surface area contributed by atoms with E-state index in [2.05, 4.69) is 30.1 Å². The van der Waals surface area contributed by atoms with E-state index in [-0.39, 0.29) is 46.3 Å². The van der Waals surface area contributed by atoms with Crippen LogP contribution in [0.1, 0.15) is 56.5 Å². The number of amides is 1. The number of aliphatic hydroxyl groups is 2. The van der Waals surface area contributed by atoms with Gasteiger partial charge in [-0.15, -0.1) is 0 Å². The lowest BCUT2D eigenvalue weighted by atomic mass is 9.77. The molecule has 3 aliphatic rings. The number of ether oxygens (including phenoxy) is 3. The van der Waals surface area contributed by atoms with Crippen molar-refractivity contribution in [1.29, 1.82) is 0 Å². The molecule has 1 saturated heterocycles. The van der Waals surface area contributed by atoms with Crippen LogP contribution in [0.5, 0.6) is 23.0 Å². The zero-order chi connectivity index (χ0) is 38.6. The number of hydrogen-bond acceptors (Lipinski definition) is 15. The second-order valence-corrected chi connectivity index (χ2v) is 14.3. The molecule has 5 heterocycles. The predicted molar refractivity (Wildman–Crippen MR) is 187 cm³/mol. The molecular formula is C35H33N6O13P. The monoisotopic (exact) mass is 776 g/mol. The van der Waals surface area contributed by atoms with E-state index in [4.69, 9.17) is 24.0 Å². The highest BCUT2D eigenvalue weighted by Crippen LogP contribution is 2.57. The van der Waals surface area contributed by atoms with Crippen molar-refractivity contribution in [3.05, 3.63) is 95.1 Å². The molecule has 0 bridgehead atoms. The first-order valence-electron chi connectivity index (χ1n) is 17.0. The Balaban J connectivity index is 0.916. The summed E-state index contributed by atoms with van der Waals surface area (Å²) >= 11 is 0. The first-order chi connectivity index (χ1) is 26.4. The van der Waals surface area contributed by atoms with Crippen molar-refractivity contribution < 1.29 is 63.1 Å². The van der Waals surface area contributed by atoms with Crippen LogP contribution in [0, 0.1) is 0 Å². The first-order valence-corrected chi connectivity index (χ1v) is 18.5. The summed E-state index contributed by atoms with van der Waals surface area (Å²) in [5, 5.41) is 47.3. The molecule has 286 valence electrons.